The molecule has 0 saturated carbocycles. The van der Waals surface area contributed by atoms with E-state index in [-0.39, 0.29) is 0 Å². The van der Waals surface area contributed by atoms with Crippen LogP contribution < -0.4 is 0 Å². The highest BCUT2D eigenvalue weighted by Gasteiger charge is 1.96. The Morgan fingerprint density at radius 1 is 1.19 bits per heavy atom. The molecule has 0 fully saturated rings. The summed E-state index contributed by atoms with van der Waals surface area (Å²) in [6.45, 7) is 6.62. The Morgan fingerprint density at radius 3 is 2.44 bits per heavy atom. The third-order valence-corrected chi connectivity index (χ3v) is 3.69. The van der Waals surface area contributed by atoms with Crippen LogP contribution in [0.2, 0.25) is 0 Å². The molecule has 1 aromatic rings. The van der Waals surface area contributed by atoms with E-state index >= 15 is 0 Å². The first-order chi connectivity index (χ1) is 7.76. The maximum Gasteiger partial charge on any atom is 0.0187 e. The quantitative estimate of drug-likeness (QED) is 0.488. The molecule has 16 heavy (non-hydrogen) atoms. The van der Waals surface area contributed by atoms with Crippen molar-refractivity contribution in [1.29, 1.82) is 0 Å². The fourth-order valence-electron chi connectivity index (χ4n) is 1.65. The lowest BCUT2D eigenvalue weighted by Gasteiger charge is -2.03. The molecular formula is C15H22S. The molecule has 0 bridgehead atoms. The number of thioether (sulfide) groups is 1. The van der Waals surface area contributed by atoms with E-state index < -0.39 is 0 Å². The lowest BCUT2D eigenvalue weighted by molar-refractivity contribution is 0.920. The summed E-state index contributed by atoms with van der Waals surface area (Å²) in [7, 11) is 0. The fourth-order valence-corrected chi connectivity index (χ4v) is 2.49. The van der Waals surface area contributed by atoms with Crippen LogP contribution in [0, 0.1) is 0 Å². The van der Waals surface area contributed by atoms with Crippen LogP contribution in [-0.4, -0.2) is 5.75 Å². The Hall–Kier alpha value is -0.690. The molecule has 1 rings (SSSR count). The summed E-state index contributed by atoms with van der Waals surface area (Å²) < 4.78 is 0. The minimum atomic E-state index is 1.11. The standard InChI is InChI=1S/C15H22S/c1-4-6-13(3)12-16-15-10-8-14(7-5-2)9-11-15/h6,8-11H,4-5,7,12H2,1-3H3/b13-6-. The van der Waals surface area contributed by atoms with Gasteiger partial charge in [0.15, 0.2) is 0 Å². The van der Waals surface area contributed by atoms with Crippen molar-refractivity contribution in [2.24, 2.45) is 0 Å². The molecule has 0 amide bonds. The molecule has 0 N–H and O–H groups in total. The molecule has 0 heterocycles. The van der Waals surface area contributed by atoms with Gasteiger partial charge in [0, 0.05) is 10.6 Å². The van der Waals surface area contributed by atoms with E-state index in [0.717, 1.165) is 12.2 Å². The third kappa shape index (κ3) is 4.89. The number of allylic oxidation sites excluding steroid dienone is 1. The minimum absolute atomic E-state index is 1.11. The average molecular weight is 234 g/mol. The van der Waals surface area contributed by atoms with Crippen molar-refractivity contribution < 1.29 is 0 Å². The van der Waals surface area contributed by atoms with Crippen molar-refractivity contribution >= 4 is 11.8 Å². The Labute approximate surface area is 104 Å². The molecule has 0 aromatic heterocycles. The highest BCUT2D eigenvalue weighted by Crippen LogP contribution is 2.21. The predicted molar refractivity (Wildman–Crippen MR) is 75.2 cm³/mol. The number of aryl methyl sites for hydroxylation is 1. The summed E-state index contributed by atoms with van der Waals surface area (Å²) in [6, 6.07) is 9.00. The predicted octanol–water partition coefficient (Wildman–Crippen LogP) is 5.09. The summed E-state index contributed by atoms with van der Waals surface area (Å²) in [5.41, 5.74) is 2.93. The van der Waals surface area contributed by atoms with Gasteiger partial charge < -0.3 is 0 Å². The molecule has 0 atom stereocenters. The van der Waals surface area contributed by atoms with E-state index in [1.807, 2.05) is 11.8 Å². The van der Waals surface area contributed by atoms with Crippen LogP contribution in [0.5, 0.6) is 0 Å². The molecule has 0 unspecified atom stereocenters. The zero-order chi connectivity index (χ0) is 11.8. The van der Waals surface area contributed by atoms with Crippen molar-refractivity contribution in [3.8, 4) is 0 Å². The topological polar surface area (TPSA) is 0 Å². The summed E-state index contributed by atoms with van der Waals surface area (Å²) in [6.07, 6.45) is 5.87. The van der Waals surface area contributed by atoms with Crippen molar-refractivity contribution in [2.75, 3.05) is 5.75 Å². The zero-order valence-electron chi connectivity index (χ0n) is 10.6. The molecule has 0 radical (unpaired) electrons. The molecule has 0 aliphatic carbocycles. The van der Waals surface area contributed by atoms with Crippen LogP contribution in [-0.2, 0) is 6.42 Å². The largest absolute Gasteiger partial charge is 0.122 e. The van der Waals surface area contributed by atoms with Gasteiger partial charge in [-0.1, -0.05) is 44.1 Å². The van der Waals surface area contributed by atoms with Gasteiger partial charge in [0.1, 0.15) is 0 Å². The minimum Gasteiger partial charge on any atom is -0.122 e. The Kier molecular flexibility index (Phi) is 6.32. The first kappa shape index (κ1) is 13.4. The second-order valence-corrected chi connectivity index (χ2v) is 5.19. The lowest BCUT2D eigenvalue weighted by atomic mass is 10.1. The van der Waals surface area contributed by atoms with Gasteiger partial charge in [-0.15, -0.1) is 11.8 Å². The highest BCUT2D eigenvalue weighted by molar-refractivity contribution is 7.99. The van der Waals surface area contributed by atoms with E-state index in [0.29, 0.717) is 0 Å². The maximum atomic E-state index is 2.30. The van der Waals surface area contributed by atoms with Gasteiger partial charge in [0.2, 0.25) is 0 Å². The molecule has 88 valence electrons. The normalized spacial score (nSPS) is 11.8. The summed E-state index contributed by atoms with van der Waals surface area (Å²) in [4.78, 5) is 1.38. The molecule has 0 aliphatic heterocycles. The SMILES string of the molecule is CC/C=C(/C)CSc1ccc(CCC)cc1. The van der Waals surface area contributed by atoms with Crippen LogP contribution in [0.1, 0.15) is 39.2 Å². The van der Waals surface area contributed by atoms with Crippen LogP contribution in [0.25, 0.3) is 0 Å². The molecule has 0 saturated heterocycles. The fraction of sp³-hybridized carbons (Fsp3) is 0.467. The second kappa shape index (κ2) is 7.56. The summed E-state index contributed by atoms with van der Waals surface area (Å²) in [5.74, 6) is 1.11. The van der Waals surface area contributed by atoms with Crippen molar-refractivity contribution in [1.82, 2.24) is 0 Å². The average Bonchev–Trinajstić information content (AvgIpc) is 2.29. The smallest absolute Gasteiger partial charge is 0.0187 e. The van der Waals surface area contributed by atoms with Gasteiger partial charge in [-0.2, -0.15) is 0 Å². The van der Waals surface area contributed by atoms with E-state index in [2.05, 4.69) is 51.1 Å². The van der Waals surface area contributed by atoms with Gasteiger partial charge in [0.05, 0.1) is 0 Å². The monoisotopic (exact) mass is 234 g/mol. The first-order valence-corrected chi connectivity index (χ1v) is 7.12. The van der Waals surface area contributed by atoms with Crippen molar-refractivity contribution in [3.63, 3.8) is 0 Å². The molecule has 0 nitrogen and oxygen atoms in total. The van der Waals surface area contributed by atoms with Gasteiger partial charge >= 0.3 is 0 Å². The molecule has 0 aliphatic rings. The second-order valence-electron chi connectivity index (χ2n) is 4.14. The van der Waals surface area contributed by atoms with Crippen LogP contribution in [0.15, 0.2) is 40.8 Å². The van der Waals surface area contributed by atoms with Crippen LogP contribution >= 0.6 is 11.8 Å². The van der Waals surface area contributed by atoms with Gasteiger partial charge in [-0.25, -0.2) is 0 Å². The zero-order valence-corrected chi connectivity index (χ0v) is 11.4. The number of benzene rings is 1. The highest BCUT2D eigenvalue weighted by atomic mass is 32.2. The van der Waals surface area contributed by atoms with Gasteiger partial charge in [-0.05, 0) is 37.5 Å². The molecule has 1 aromatic carbocycles. The number of hydrogen-bond acceptors (Lipinski definition) is 1. The van der Waals surface area contributed by atoms with Crippen molar-refractivity contribution in [3.05, 3.63) is 41.5 Å². The third-order valence-electron chi connectivity index (χ3n) is 2.48. The van der Waals surface area contributed by atoms with Crippen LogP contribution in [0.4, 0.5) is 0 Å². The molecule has 1 heteroatoms. The maximum absolute atomic E-state index is 2.30. The first-order valence-electron chi connectivity index (χ1n) is 6.13. The van der Waals surface area contributed by atoms with E-state index in [1.165, 1.54) is 28.9 Å². The summed E-state index contributed by atoms with van der Waals surface area (Å²) in [5, 5.41) is 0. The van der Waals surface area contributed by atoms with E-state index in [1.54, 1.807) is 0 Å². The van der Waals surface area contributed by atoms with E-state index in [4.69, 9.17) is 0 Å². The molecular weight excluding hydrogens is 212 g/mol. The van der Waals surface area contributed by atoms with Gasteiger partial charge in [-0.3, -0.25) is 0 Å². The Bertz CT molecular complexity index is 322. The number of hydrogen-bond donors (Lipinski definition) is 0. The lowest BCUT2D eigenvalue weighted by Crippen LogP contribution is -1.84. The number of rotatable bonds is 6. The Morgan fingerprint density at radius 2 is 1.88 bits per heavy atom. The van der Waals surface area contributed by atoms with E-state index in [9.17, 15) is 0 Å². The van der Waals surface area contributed by atoms with Gasteiger partial charge in [0.25, 0.3) is 0 Å². The Balaban J connectivity index is 2.46. The van der Waals surface area contributed by atoms with Crippen LogP contribution in [0.3, 0.4) is 0 Å². The molecule has 0 spiro atoms. The van der Waals surface area contributed by atoms with Crippen molar-refractivity contribution in [2.45, 2.75) is 44.9 Å². The summed E-state index contributed by atoms with van der Waals surface area (Å²) >= 11 is 1.93.